The lowest BCUT2D eigenvalue weighted by molar-refractivity contribution is -0.116. The monoisotopic (exact) mass is 362 g/mol. The van der Waals surface area contributed by atoms with Crippen LogP contribution < -0.4 is 11.0 Å². The van der Waals surface area contributed by atoms with Crippen LogP contribution >= 0.6 is 0 Å². The molecule has 136 valence electrons. The lowest BCUT2D eigenvalue weighted by Crippen LogP contribution is -2.28. The quantitative estimate of drug-likeness (QED) is 0.605. The van der Waals surface area contributed by atoms with Crippen LogP contribution in [0, 0.1) is 0 Å². The van der Waals surface area contributed by atoms with Crippen molar-refractivity contribution in [2.75, 3.05) is 5.32 Å². The molecule has 1 aliphatic carbocycles. The van der Waals surface area contributed by atoms with E-state index in [4.69, 9.17) is 4.42 Å². The second-order valence-corrected chi connectivity index (χ2v) is 6.97. The Hall–Kier alpha value is -3.35. The summed E-state index contributed by atoms with van der Waals surface area (Å²) >= 11 is 0. The second-order valence-electron chi connectivity index (χ2n) is 6.97. The summed E-state index contributed by atoms with van der Waals surface area (Å²) in [6, 6.07) is 12.8. The molecule has 0 aliphatic heterocycles. The molecular formula is C20H18N4O3. The molecule has 1 amide bonds. The van der Waals surface area contributed by atoms with E-state index in [9.17, 15) is 9.59 Å². The van der Waals surface area contributed by atoms with Gasteiger partial charge in [-0.05, 0) is 43.2 Å². The van der Waals surface area contributed by atoms with Crippen LogP contribution in [-0.2, 0) is 18.4 Å². The number of nitrogens with one attached hydrogen (secondary N) is 1. The number of hydrogen-bond donors (Lipinski definition) is 1. The van der Waals surface area contributed by atoms with Crippen molar-refractivity contribution in [1.82, 2.24) is 14.1 Å². The molecule has 5 rings (SSSR count). The van der Waals surface area contributed by atoms with Crippen LogP contribution in [0.1, 0.15) is 24.7 Å². The van der Waals surface area contributed by atoms with Crippen molar-refractivity contribution < 1.29 is 9.21 Å². The highest BCUT2D eigenvalue weighted by molar-refractivity contribution is 5.93. The minimum absolute atomic E-state index is 0.0512. The van der Waals surface area contributed by atoms with Crippen molar-refractivity contribution in [1.29, 1.82) is 0 Å². The molecule has 2 aromatic heterocycles. The number of rotatable bonds is 4. The molecule has 0 saturated heterocycles. The van der Waals surface area contributed by atoms with Gasteiger partial charge in [-0.25, -0.2) is 9.78 Å². The molecule has 2 heterocycles. The average molecular weight is 362 g/mol. The lowest BCUT2D eigenvalue weighted by Gasteiger charge is -2.06. The summed E-state index contributed by atoms with van der Waals surface area (Å²) in [5.74, 6) is 0.947. The van der Waals surface area contributed by atoms with E-state index in [1.807, 2.05) is 30.3 Å². The number of benzene rings is 2. The third kappa shape index (κ3) is 2.71. The Bertz CT molecular complexity index is 1240. The molecule has 0 spiro atoms. The maximum atomic E-state index is 12.5. The second kappa shape index (κ2) is 5.84. The molecule has 0 unspecified atom stereocenters. The van der Waals surface area contributed by atoms with Crippen LogP contribution in [0.15, 0.2) is 51.7 Å². The highest BCUT2D eigenvalue weighted by Gasteiger charge is 2.28. The number of amides is 1. The molecule has 1 aliphatic rings. The first-order valence-corrected chi connectivity index (χ1v) is 8.95. The molecule has 1 fully saturated rings. The van der Waals surface area contributed by atoms with Gasteiger partial charge in [-0.1, -0.05) is 12.1 Å². The third-order valence-electron chi connectivity index (χ3n) is 4.97. The molecule has 4 aromatic rings. The number of aryl methyl sites for hydroxylation is 1. The van der Waals surface area contributed by atoms with E-state index in [0.717, 1.165) is 40.9 Å². The predicted molar refractivity (Wildman–Crippen MR) is 102 cm³/mol. The van der Waals surface area contributed by atoms with Gasteiger partial charge in [0.05, 0.1) is 11.0 Å². The molecule has 7 nitrogen and oxygen atoms in total. The van der Waals surface area contributed by atoms with Gasteiger partial charge in [0.25, 0.3) is 0 Å². The van der Waals surface area contributed by atoms with Gasteiger partial charge in [-0.15, -0.1) is 0 Å². The van der Waals surface area contributed by atoms with E-state index < -0.39 is 0 Å². The minimum Gasteiger partial charge on any atom is -0.440 e. The highest BCUT2D eigenvalue weighted by atomic mass is 16.3. The van der Waals surface area contributed by atoms with Gasteiger partial charge < -0.3 is 9.73 Å². The first-order valence-electron chi connectivity index (χ1n) is 8.95. The summed E-state index contributed by atoms with van der Waals surface area (Å²) < 4.78 is 8.76. The van der Waals surface area contributed by atoms with Crippen LogP contribution in [0.25, 0.3) is 22.1 Å². The van der Waals surface area contributed by atoms with Gasteiger partial charge in [0.15, 0.2) is 11.5 Å². The first kappa shape index (κ1) is 15.9. The fraction of sp³-hybridized carbons (Fsp3) is 0.250. The number of carbonyl (C=O) groups is 1. The third-order valence-corrected chi connectivity index (χ3v) is 4.97. The Morgan fingerprint density at radius 3 is 2.78 bits per heavy atom. The number of nitrogens with zero attached hydrogens (tertiary/aromatic N) is 3. The topological polar surface area (TPSA) is 82.1 Å². The van der Waals surface area contributed by atoms with Crippen LogP contribution in [0.5, 0.6) is 0 Å². The molecule has 0 radical (unpaired) electrons. The van der Waals surface area contributed by atoms with Gasteiger partial charge in [0.1, 0.15) is 12.1 Å². The van der Waals surface area contributed by atoms with Gasteiger partial charge >= 0.3 is 5.69 Å². The van der Waals surface area contributed by atoms with Crippen LogP contribution in [0.4, 0.5) is 5.69 Å². The zero-order valence-electron chi connectivity index (χ0n) is 14.8. The van der Waals surface area contributed by atoms with Gasteiger partial charge in [-0.3, -0.25) is 13.9 Å². The van der Waals surface area contributed by atoms with E-state index in [1.165, 1.54) is 4.57 Å². The summed E-state index contributed by atoms with van der Waals surface area (Å²) in [5, 5.41) is 2.85. The number of para-hydroxylation sites is 2. The number of aromatic nitrogens is 3. The summed E-state index contributed by atoms with van der Waals surface area (Å²) in [6.07, 6.45) is 2.24. The zero-order valence-corrected chi connectivity index (χ0v) is 14.8. The summed E-state index contributed by atoms with van der Waals surface area (Å²) in [7, 11) is 1.70. The molecule has 27 heavy (non-hydrogen) atoms. The fourth-order valence-electron chi connectivity index (χ4n) is 3.39. The normalized spacial score (nSPS) is 14.1. The first-order chi connectivity index (χ1) is 13.1. The molecule has 2 aromatic carbocycles. The Kier molecular flexibility index (Phi) is 3.43. The van der Waals surface area contributed by atoms with Crippen molar-refractivity contribution in [3.8, 4) is 0 Å². The molecule has 1 saturated carbocycles. The van der Waals surface area contributed by atoms with Crippen LogP contribution in [-0.4, -0.2) is 20.0 Å². The number of fused-ring (bicyclic) bond motifs is 2. The van der Waals surface area contributed by atoms with Gasteiger partial charge in [0.2, 0.25) is 5.91 Å². The van der Waals surface area contributed by atoms with Crippen LogP contribution in [0.2, 0.25) is 0 Å². The van der Waals surface area contributed by atoms with Crippen molar-refractivity contribution in [2.45, 2.75) is 25.3 Å². The van der Waals surface area contributed by atoms with E-state index in [2.05, 4.69) is 10.3 Å². The van der Waals surface area contributed by atoms with Crippen molar-refractivity contribution in [3.05, 3.63) is 58.8 Å². The zero-order chi connectivity index (χ0) is 18.5. The summed E-state index contributed by atoms with van der Waals surface area (Å²) in [5.41, 5.74) is 3.41. The number of anilines is 1. The number of hydrogen-bond acceptors (Lipinski definition) is 4. The van der Waals surface area contributed by atoms with E-state index in [0.29, 0.717) is 11.6 Å². The van der Waals surface area contributed by atoms with Crippen molar-refractivity contribution in [3.63, 3.8) is 0 Å². The Balaban J connectivity index is 1.40. The SMILES string of the molecule is Cn1c(=O)n(CC(=O)Nc2ccc3oc(C4CC4)nc3c2)c2ccccc21. The molecular weight excluding hydrogens is 344 g/mol. The predicted octanol–water partition coefficient (Wildman–Crippen LogP) is 3.00. The Morgan fingerprint density at radius 2 is 2.00 bits per heavy atom. The molecule has 0 atom stereocenters. The number of carbonyl (C=O) groups excluding carboxylic acids is 1. The van der Waals surface area contributed by atoms with E-state index >= 15 is 0 Å². The van der Waals surface area contributed by atoms with Gasteiger partial charge in [-0.2, -0.15) is 0 Å². The molecule has 1 N–H and O–H groups in total. The number of oxazole rings is 1. The van der Waals surface area contributed by atoms with E-state index in [1.54, 1.807) is 23.7 Å². The highest BCUT2D eigenvalue weighted by Crippen LogP contribution is 2.40. The minimum atomic E-state index is -0.265. The smallest absolute Gasteiger partial charge is 0.329 e. The molecule has 7 heteroatoms. The number of imidazole rings is 1. The summed E-state index contributed by atoms with van der Waals surface area (Å²) in [6.45, 7) is -0.0512. The van der Waals surface area contributed by atoms with E-state index in [-0.39, 0.29) is 18.1 Å². The molecule has 0 bridgehead atoms. The average Bonchev–Trinajstić information content (AvgIpc) is 3.39. The standard InChI is InChI=1S/C20H18N4O3/c1-23-15-4-2-3-5-16(15)24(20(23)26)11-18(25)21-13-8-9-17-14(10-13)22-19(27-17)12-6-7-12/h2-5,8-10,12H,6-7,11H2,1H3,(H,21,25). The van der Waals surface area contributed by atoms with Crippen molar-refractivity contribution >= 4 is 33.7 Å². The lowest BCUT2D eigenvalue weighted by atomic mass is 10.3. The van der Waals surface area contributed by atoms with Crippen LogP contribution in [0.3, 0.4) is 0 Å². The summed E-state index contributed by atoms with van der Waals surface area (Å²) in [4.78, 5) is 29.5. The van der Waals surface area contributed by atoms with Crippen molar-refractivity contribution in [2.24, 2.45) is 7.05 Å². The maximum Gasteiger partial charge on any atom is 0.329 e. The maximum absolute atomic E-state index is 12.5. The van der Waals surface area contributed by atoms with Gasteiger partial charge in [0, 0.05) is 18.7 Å². The Morgan fingerprint density at radius 1 is 1.22 bits per heavy atom. The largest absolute Gasteiger partial charge is 0.440 e. The fourth-order valence-corrected chi connectivity index (χ4v) is 3.39. The Labute approximate surface area is 154 Å².